The van der Waals surface area contributed by atoms with Gasteiger partial charge in [-0.1, -0.05) is 24.1 Å². The third-order valence-corrected chi connectivity index (χ3v) is 8.80. The largest absolute Gasteiger partial charge is 0.388 e. The molecule has 0 unspecified atom stereocenters. The van der Waals surface area contributed by atoms with Crippen LogP contribution in [0.15, 0.2) is 28.5 Å². The third-order valence-electron chi connectivity index (χ3n) is 5.85. The van der Waals surface area contributed by atoms with Crippen LogP contribution in [0.1, 0.15) is 48.7 Å². The molecule has 0 spiro atoms. The minimum atomic E-state index is -3.61. The molecular weight excluding hydrogens is 438 g/mol. The van der Waals surface area contributed by atoms with E-state index >= 15 is 0 Å². The lowest BCUT2D eigenvalue weighted by Crippen LogP contribution is -2.40. The number of thiazole rings is 1. The van der Waals surface area contributed by atoms with Crippen LogP contribution in [-0.2, 0) is 21.4 Å². The van der Waals surface area contributed by atoms with Gasteiger partial charge in [-0.25, -0.2) is 13.4 Å². The maximum atomic E-state index is 13.0. The van der Waals surface area contributed by atoms with Crippen LogP contribution in [0.2, 0.25) is 0 Å². The minimum absolute atomic E-state index is 0.197. The highest BCUT2D eigenvalue weighted by Gasteiger charge is 2.27. The normalized spacial score (nSPS) is 19.1. The molecule has 166 valence electrons. The van der Waals surface area contributed by atoms with Gasteiger partial charge in [0.1, 0.15) is 11.0 Å². The maximum Gasteiger partial charge on any atom is 0.243 e. The van der Waals surface area contributed by atoms with E-state index in [2.05, 4.69) is 10.3 Å². The van der Waals surface area contributed by atoms with Crippen molar-refractivity contribution in [2.75, 3.05) is 26.3 Å². The molecule has 1 aliphatic carbocycles. The fourth-order valence-electron chi connectivity index (χ4n) is 4.12. The summed E-state index contributed by atoms with van der Waals surface area (Å²) in [5.74, 6) is 0.563. The van der Waals surface area contributed by atoms with Crippen molar-refractivity contribution >= 4 is 32.4 Å². The zero-order chi connectivity index (χ0) is 21.3. The molecule has 0 bridgehead atoms. The molecule has 0 radical (unpaired) electrons. The Balaban J connectivity index is 1.32. The summed E-state index contributed by atoms with van der Waals surface area (Å²) in [6.45, 7) is 1.76. The van der Waals surface area contributed by atoms with E-state index in [-0.39, 0.29) is 11.5 Å². The number of hydrogen-bond donors (Lipinski definition) is 0. The smallest absolute Gasteiger partial charge is 0.243 e. The zero-order valence-corrected chi connectivity index (χ0v) is 18.8. The number of rotatable bonds is 6. The lowest BCUT2D eigenvalue weighted by molar-refractivity contribution is 0.0726. The maximum absolute atomic E-state index is 13.0. The second kappa shape index (κ2) is 8.81. The van der Waals surface area contributed by atoms with E-state index in [0.717, 1.165) is 5.69 Å². The summed E-state index contributed by atoms with van der Waals surface area (Å²) in [7, 11) is -3.61. The minimum Gasteiger partial charge on any atom is -0.388 e. The van der Waals surface area contributed by atoms with Crippen molar-refractivity contribution in [2.24, 2.45) is 0 Å². The molecule has 2 aliphatic rings. The van der Waals surface area contributed by atoms with Crippen LogP contribution >= 0.6 is 11.3 Å². The summed E-state index contributed by atoms with van der Waals surface area (Å²) in [5, 5.41) is 11.3. The lowest BCUT2D eigenvalue weighted by atomic mass is 9.90. The van der Waals surface area contributed by atoms with Gasteiger partial charge in [-0.05, 0) is 36.3 Å². The molecule has 31 heavy (non-hydrogen) atoms. The topological polar surface area (TPSA) is 99.4 Å². The molecule has 1 aromatic carbocycles. The van der Waals surface area contributed by atoms with Gasteiger partial charge in [0.15, 0.2) is 6.61 Å². The van der Waals surface area contributed by atoms with Crippen LogP contribution in [0, 0.1) is 0 Å². The number of benzene rings is 1. The van der Waals surface area contributed by atoms with Crippen molar-refractivity contribution in [1.29, 1.82) is 0 Å². The van der Waals surface area contributed by atoms with Crippen molar-refractivity contribution < 1.29 is 18.0 Å². The molecule has 2 aromatic heterocycles. The molecule has 11 heteroatoms. The average Bonchev–Trinajstić information content (AvgIpc) is 3.45. The Morgan fingerprint density at radius 2 is 1.97 bits per heavy atom. The highest BCUT2D eigenvalue weighted by molar-refractivity contribution is 7.89. The van der Waals surface area contributed by atoms with E-state index in [1.54, 1.807) is 29.5 Å². The Labute approximate surface area is 185 Å². The SMILES string of the molecule is O=S(=O)(c1ccc2nnn(OCc3csc(C4CCCCC4)n3)c2c1)N1CCOCC1. The fourth-order valence-corrected chi connectivity index (χ4v) is 6.53. The Hall–Kier alpha value is -2.08. The van der Waals surface area contributed by atoms with Crippen LogP contribution in [0.4, 0.5) is 0 Å². The van der Waals surface area contributed by atoms with Crippen molar-refractivity contribution in [3.8, 4) is 0 Å². The van der Waals surface area contributed by atoms with Crippen LogP contribution in [0.3, 0.4) is 0 Å². The molecule has 9 nitrogen and oxygen atoms in total. The van der Waals surface area contributed by atoms with Crippen molar-refractivity contribution in [3.63, 3.8) is 0 Å². The van der Waals surface area contributed by atoms with Crippen LogP contribution in [-0.4, -0.2) is 59.2 Å². The molecule has 1 saturated heterocycles. The summed E-state index contributed by atoms with van der Waals surface area (Å²) >= 11 is 1.69. The highest BCUT2D eigenvalue weighted by Crippen LogP contribution is 2.34. The second-order valence-corrected chi connectivity index (χ2v) is 10.7. The van der Waals surface area contributed by atoms with Crippen molar-refractivity contribution in [3.05, 3.63) is 34.3 Å². The molecule has 5 rings (SSSR count). The standard InChI is InChI=1S/C20H25N5O4S2/c26-31(27,24-8-10-28-11-9-24)17-6-7-18-19(12-17)25(23-22-18)29-13-16-14-30-20(21-16)15-4-2-1-3-5-15/h6-7,12,14-15H,1-5,8-11,13H2. The Morgan fingerprint density at radius 3 is 2.77 bits per heavy atom. The number of nitrogens with zero attached hydrogens (tertiary/aromatic N) is 5. The van der Waals surface area contributed by atoms with Crippen LogP contribution in [0.25, 0.3) is 11.0 Å². The number of morpholine rings is 1. The highest BCUT2D eigenvalue weighted by atomic mass is 32.2. The first kappa shape index (κ1) is 20.8. The number of ether oxygens (including phenoxy) is 1. The molecule has 0 N–H and O–H groups in total. The van der Waals surface area contributed by atoms with E-state index in [4.69, 9.17) is 14.6 Å². The Morgan fingerprint density at radius 1 is 1.16 bits per heavy atom. The van der Waals surface area contributed by atoms with Gasteiger partial charge in [0.25, 0.3) is 0 Å². The zero-order valence-electron chi connectivity index (χ0n) is 17.1. The predicted octanol–water partition coefficient (Wildman–Crippen LogP) is 2.59. The molecule has 0 atom stereocenters. The van der Waals surface area contributed by atoms with Gasteiger partial charge in [0.05, 0.1) is 28.8 Å². The summed E-state index contributed by atoms with van der Waals surface area (Å²) < 4.78 is 32.6. The van der Waals surface area contributed by atoms with E-state index in [0.29, 0.717) is 43.3 Å². The summed E-state index contributed by atoms with van der Waals surface area (Å²) in [4.78, 5) is 12.0. The Kier molecular flexibility index (Phi) is 5.91. The summed E-state index contributed by atoms with van der Waals surface area (Å²) in [6.07, 6.45) is 6.29. The van der Waals surface area contributed by atoms with Crippen LogP contribution < -0.4 is 4.84 Å². The first-order chi connectivity index (χ1) is 15.1. The molecule has 0 amide bonds. The monoisotopic (exact) mass is 463 g/mol. The van der Waals surface area contributed by atoms with Crippen molar-refractivity contribution in [2.45, 2.75) is 49.5 Å². The van der Waals surface area contributed by atoms with Gasteiger partial charge in [-0.2, -0.15) is 4.31 Å². The second-order valence-electron chi connectivity index (χ2n) is 7.91. The van der Waals surface area contributed by atoms with Gasteiger partial charge < -0.3 is 9.57 Å². The van der Waals surface area contributed by atoms with Gasteiger partial charge in [0.2, 0.25) is 10.0 Å². The van der Waals surface area contributed by atoms with Gasteiger partial charge in [0, 0.05) is 24.4 Å². The first-order valence-electron chi connectivity index (χ1n) is 10.6. The summed E-state index contributed by atoms with van der Waals surface area (Å²) in [5.41, 5.74) is 1.94. The van der Waals surface area contributed by atoms with Gasteiger partial charge in [-0.15, -0.1) is 16.4 Å². The van der Waals surface area contributed by atoms with E-state index in [1.807, 2.05) is 5.38 Å². The lowest BCUT2D eigenvalue weighted by Gasteiger charge is -2.26. The molecular formula is C20H25N5O4S2. The molecule has 3 aromatic rings. The molecule has 1 aliphatic heterocycles. The van der Waals surface area contributed by atoms with E-state index in [9.17, 15) is 8.42 Å². The van der Waals surface area contributed by atoms with Crippen molar-refractivity contribution in [1.82, 2.24) is 24.4 Å². The third kappa shape index (κ3) is 4.32. The molecule has 1 saturated carbocycles. The van der Waals surface area contributed by atoms with Gasteiger partial charge in [-0.3, -0.25) is 0 Å². The number of hydrogen-bond acceptors (Lipinski definition) is 8. The first-order valence-corrected chi connectivity index (χ1v) is 12.9. The predicted molar refractivity (Wildman–Crippen MR) is 115 cm³/mol. The summed E-state index contributed by atoms with van der Waals surface area (Å²) in [6, 6.07) is 4.78. The average molecular weight is 464 g/mol. The quantitative estimate of drug-likeness (QED) is 0.554. The molecule has 2 fully saturated rings. The number of fused-ring (bicyclic) bond motifs is 1. The Bertz CT molecular complexity index is 1150. The molecule has 3 heterocycles. The number of sulfonamides is 1. The van der Waals surface area contributed by atoms with E-state index < -0.39 is 10.0 Å². The fraction of sp³-hybridized carbons (Fsp3) is 0.550. The van der Waals surface area contributed by atoms with Gasteiger partial charge >= 0.3 is 0 Å². The number of aromatic nitrogens is 4. The van der Waals surface area contributed by atoms with Crippen LogP contribution in [0.5, 0.6) is 0 Å². The van der Waals surface area contributed by atoms with E-state index in [1.165, 1.54) is 46.3 Å².